The molecule has 1 fully saturated rings. The molecule has 0 radical (unpaired) electrons. The molecule has 112 valence electrons. The molecule has 2 aromatic rings. The van der Waals surface area contributed by atoms with E-state index in [1.54, 1.807) is 12.1 Å². The molecule has 3 rings (SSSR count). The van der Waals surface area contributed by atoms with Crippen molar-refractivity contribution < 1.29 is 9.90 Å². The van der Waals surface area contributed by atoms with Crippen molar-refractivity contribution in [2.75, 3.05) is 0 Å². The molecule has 0 spiro atoms. The zero-order valence-corrected chi connectivity index (χ0v) is 12.7. The minimum Gasteiger partial charge on any atom is -0.478 e. The van der Waals surface area contributed by atoms with Gasteiger partial charge in [-0.1, -0.05) is 13.3 Å². The molecule has 0 aliphatic heterocycles. The van der Waals surface area contributed by atoms with Crippen LogP contribution in [0.2, 0.25) is 0 Å². The van der Waals surface area contributed by atoms with Gasteiger partial charge in [0.25, 0.3) is 0 Å². The Morgan fingerprint density at radius 2 is 2.05 bits per heavy atom. The molecule has 1 heterocycles. The van der Waals surface area contributed by atoms with Crippen molar-refractivity contribution in [1.29, 1.82) is 0 Å². The summed E-state index contributed by atoms with van der Waals surface area (Å²) in [7, 11) is 0. The highest BCUT2D eigenvalue weighted by atomic mass is 16.4. The van der Waals surface area contributed by atoms with E-state index in [0.717, 1.165) is 22.8 Å². The van der Waals surface area contributed by atoms with Gasteiger partial charge >= 0.3 is 5.97 Å². The van der Waals surface area contributed by atoms with Crippen LogP contribution < -0.4 is 0 Å². The predicted octanol–water partition coefficient (Wildman–Crippen LogP) is 4.18. The lowest BCUT2D eigenvalue weighted by molar-refractivity contribution is 0.0697. The first-order valence-corrected chi connectivity index (χ1v) is 7.82. The van der Waals surface area contributed by atoms with Gasteiger partial charge in [0.2, 0.25) is 0 Å². The zero-order valence-electron chi connectivity index (χ0n) is 12.7. The lowest BCUT2D eigenvalue weighted by atomic mass is 9.84. The normalized spacial score (nSPS) is 22.6. The van der Waals surface area contributed by atoms with E-state index in [1.807, 2.05) is 13.0 Å². The van der Waals surface area contributed by atoms with Gasteiger partial charge < -0.3 is 9.67 Å². The van der Waals surface area contributed by atoms with Crippen LogP contribution in [0.5, 0.6) is 0 Å². The van der Waals surface area contributed by atoms with Crippen LogP contribution in [0.3, 0.4) is 0 Å². The molecule has 1 N–H and O–H groups in total. The second kappa shape index (κ2) is 5.51. The minimum absolute atomic E-state index is 0.307. The quantitative estimate of drug-likeness (QED) is 0.920. The van der Waals surface area contributed by atoms with Gasteiger partial charge in [0, 0.05) is 6.04 Å². The zero-order chi connectivity index (χ0) is 15.0. The van der Waals surface area contributed by atoms with Gasteiger partial charge in [-0.05, 0) is 56.7 Å². The van der Waals surface area contributed by atoms with Crippen LogP contribution in [-0.2, 0) is 0 Å². The second-order valence-corrected chi connectivity index (χ2v) is 6.12. The van der Waals surface area contributed by atoms with Crippen molar-refractivity contribution in [2.45, 2.75) is 52.0 Å². The summed E-state index contributed by atoms with van der Waals surface area (Å²) in [6.07, 6.45) is 6.25. The number of rotatable bonds is 3. The molecule has 0 atom stereocenters. The number of benzene rings is 1. The summed E-state index contributed by atoms with van der Waals surface area (Å²) >= 11 is 0. The molecule has 4 heteroatoms. The maximum Gasteiger partial charge on any atom is 0.335 e. The summed E-state index contributed by atoms with van der Waals surface area (Å²) in [6, 6.07) is 5.78. The van der Waals surface area contributed by atoms with Crippen LogP contribution in [0.15, 0.2) is 18.2 Å². The van der Waals surface area contributed by atoms with Gasteiger partial charge in [0.1, 0.15) is 5.82 Å². The summed E-state index contributed by atoms with van der Waals surface area (Å²) in [5.74, 6) is 0.968. The highest BCUT2D eigenvalue weighted by Gasteiger charge is 2.24. The summed E-state index contributed by atoms with van der Waals surface area (Å²) in [5, 5.41) is 9.09. The number of aromatic carboxylic acids is 1. The number of imidazole rings is 1. The maximum atomic E-state index is 11.1. The number of fused-ring (bicyclic) bond motifs is 1. The molecule has 1 aromatic carbocycles. The van der Waals surface area contributed by atoms with E-state index in [0.29, 0.717) is 11.6 Å². The van der Waals surface area contributed by atoms with Gasteiger partial charge in [0.15, 0.2) is 0 Å². The molecule has 0 amide bonds. The summed E-state index contributed by atoms with van der Waals surface area (Å²) in [4.78, 5) is 15.6. The maximum absolute atomic E-state index is 11.1. The molecule has 0 bridgehead atoms. The van der Waals surface area contributed by atoms with Crippen LogP contribution in [0.1, 0.15) is 61.3 Å². The second-order valence-electron chi connectivity index (χ2n) is 6.12. The minimum atomic E-state index is -0.896. The van der Waals surface area contributed by atoms with E-state index in [1.165, 1.54) is 32.1 Å². The summed E-state index contributed by atoms with van der Waals surface area (Å²) < 4.78 is 2.31. The fraction of sp³-hybridized carbons (Fsp3) is 0.529. The van der Waals surface area contributed by atoms with Crippen LogP contribution in [-0.4, -0.2) is 20.6 Å². The van der Waals surface area contributed by atoms with E-state index in [9.17, 15) is 4.79 Å². The van der Waals surface area contributed by atoms with Crippen molar-refractivity contribution >= 4 is 17.0 Å². The van der Waals surface area contributed by atoms with Crippen molar-refractivity contribution in [2.24, 2.45) is 5.92 Å². The van der Waals surface area contributed by atoms with E-state index in [-0.39, 0.29) is 0 Å². The molecule has 0 saturated heterocycles. The average molecular weight is 286 g/mol. The third-order valence-corrected chi connectivity index (χ3v) is 4.87. The number of aryl methyl sites for hydroxylation is 1. The number of nitrogens with zero attached hydrogens (tertiary/aromatic N) is 2. The lowest BCUT2D eigenvalue weighted by Crippen LogP contribution is -2.18. The fourth-order valence-electron chi connectivity index (χ4n) is 3.62. The van der Waals surface area contributed by atoms with Crippen LogP contribution in [0.25, 0.3) is 11.0 Å². The molecule has 4 nitrogen and oxygen atoms in total. The van der Waals surface area contributed by atoms with Gasteiger partial charge in [0.05, 0.1) is 16.6 Å². The number of hydrogen-bond donors (Lipinski definition) is 1. The summed E-state index contributed by atoms with van der Waals surface area (Å²) in [5.41, 5.74) is 2.17. The molecule has 1 aliphatic rings. The lowest BCUT2D eigenvalue weighted by Gasteiger charge is -2.30. The molecule has 1 aliphatic carbocycles. The SMILES string of the molecule is CCC1CCC(n2c(C)nc3cc(C(=O)O)ccc32)CC1. The highest BCUT2D eigenvalue weighted by Crippen LogP contribution is 2.36. The molecule has 21 heavy (non-hydrogen) atoms. The smallest absolute Gasteiger partial charge is 0.335 e. The highest BCUT2D eigenvalue weighted by molar-refractivity contribution is 5.92. The summed E-state index contributed by atoms with van der Waals surface area (Å²) in [6.45, 7) is 4.29. The molecule has 0 unspecified atom stereocenters. The molecule has 1 aromatic heterocycles. The largest absolute Gasteiger partial charge is 0.478 e. The topological polar surface area (TPSA) is 55.1 Å². The number of aromatic nitrogens is 2. The van der Waals surface area contributed by atoms with Crippen molar-refractivity contribution in [3.8, 4) is 0 Å². The van der Waals surface area contributed by atoms with E-state index < -0.39 is 5.97 Å². The van der Waals surface area contributed by atoms with Crippen LogP contribution in [0, 0.1) is 12.8 Å². The Kier molecular flexibility index (Phi) is 3.70. The van der Waals surface area contributed by atoms with Crippen molar-refractivity contribution in [1.82, 2.24) is 9.55 Å². The van der Waals surface area contributed by atoms with Gasteiger partial charge in [-0.25, -0.2) is 9.78 Å². The Bertz CT molecular complexity index is 667. The van der Waals surface area contributed by atoms with Crippen molar-refractivity contribution in [3.05, 3.63) is 29.6 Å². The number of hydrogen-bond acceptors (Lipinski definition) is 2. The molecular formula is C17H22N2O2. The number of carboxylic acids is 1. The Hall–Kier alpha value is -1.84. The van der Waals surface area contributed by atoms with E-state index >= 15 is 0 Å². The third kappa shape index (κ3) is 2.55. The van der Waals surface area contributed by atoms with Gasteiger partial charge in [-0.15, -0.1) is 0 Å². The number of carbonyl (C=O) groups is 1. The fourth-order valence-corrected chi connectivity index (χ4v) is 3.62. The standard InChI is InChI=1S/C17H22N2O2/c1-3-12-4-7-14(8-5-12)19-11(2)18-15-10-13(17(20)21)6-9-16(15)19/h6,9-10,12,14H,3-5,7-8H2,1-2H3,(H,20,21). The Morgan fingerprint density at radius 1 is 1.33 bits per heavy atom. The Labute approximate surface area is 124 Å². The first-order chi connectivity index (χ1) is 10.1. The molecule has 1 saturated carbocycles. The molecular weight excluding hydrogens is 264 g/mol. The van der Waals surface area contributed by atoms with Crippen LogP contribution >= 0.6 is 0 Å². The van der Waals surface area contributed by atoms with E-state index in [2.05, 4.69) is 16.5 Å². The Balaban J connectivity index is 1.95. The Morgan fingerprint density at radius 3 is 2.67 bits per heavy atom. The predicted molar refractivity (Wildman–Crippen MR) is 82.7 cm³/mol. The number of carboxylic acid groups (broad SMARTS) is 1. The van der Waals surface area contributed by atoms with Crippen LogP contribution in [0.4, 0.5) is 0 Å². The van der Waals surface area contributed by atoms with Gasteiger partial charge in [-0.3, -0.25) is 0 Å². The monoisotopic (exact) mass is 286 g/mol. The van der Waals surface area contributed by atoms with E-state index in [4.69, 9.17) is 5.11 Å². The van der Waals surface area contributed by atoms with Gasteiger partial charge in [-0.2, -0.15) is 0 Å². The first-order valence-electron chi connectivity index (χ1n) is 7.82. The average Bonchev–Trinajstić information content (AvgIpc) is 2.82. The third-order valence-electron chi connectivity index (χ3n) is 4.87. The van der Waals surface area contributed by atoms with Crippen molar-refractivity contribution in [3.63, 3.8) is 0 Å². The first kappa shape index (κ1) is 14.1.